The van der Waals surface area contributed by atoms with Gasteiger partial charge in [-0.05, 0) is 33.5 Å². The van der Waals surface area contributed by atoms with Gasteiger partial charge in [0.2, 0.25) is 0 Å². The Hall–Kier alpha value is -2.11. The molecule has 0 bridgehead atoms. The predicted molar refractivity (Wildman–Crippen MR) is 93.9 cm³/mol. The van der Waals surface area contributed by atoms with E-state index in [1.807, 2.05) is 50.2 Å². The summed E-state index contributed by atoms with van der Waals surface area (Å²) in [5.74, 6) is -0.103. The number of fused-ring (bicyclic) bond motifs is 1. The van der Waals surface area contributed by atoms with E-state index in [0.717, 1.165) is 16.5 Å². The van der Waals surface area contributed by atoms with Crippen LogP contribution in [0.4, 0.5) is 0 Å². The van der Waals surface area contributed by atoms with Crippen molar-refractivity contribution in [1.29, 1.82) is 0 Å². The maximum absolute atomic E-state index is 12.2. The van der Waals surface area contributed by atoms with E-state index in [9.17, 15) is 9.90 Å². The van der Waals surface area contributed by atoms with Gasteiger partial charge in [-0.15, -0.1) is 0 Å². The van der Waals surface area contributed by atoms with Gasteiger partial charge in [-0.25, -0.2) is 0 Å². The molecule has 124 valence electrons. The molecule has 0 spiro atoms. The maximum atomic E-state index is 12.2. The summed E-state index contributed by atoms with van der Waals surface area (Å²) in [6.45, 7) is 3.88. The minimum absolute atomic E-state index is 0.103. The Balaban J connectivity index is 2.74. The van der Waals surface area contributed by atoms with Gasteiger partial charge in [-0.3, -0.25) is 4.79 Å². The van der Waals surface area contributed by atoms with Crippen molar-refractivity contribution in [3.05, 3.63) is 41.2 Å². The van der Waals surface area contributed by atoms with Crippen LogP contribution in [0.25, 0.3) is 16.5 Å². The zero-order valence-electron chi connectivity index (χ0n) is 14.2. The van der Waals surface area contributed by atoms with Crippen LogP contribution in [0.15, 0.2) is 30.0 Å². The molecule has 0 aliphatic rings. The lowest BCUT2D eigenvalue weighted by molar-refractivity contribution is -0.111. The van der Waals surface area contributed by atoms with Crippen LogP contribution in [0.3, 0.4) is 0 Å². The summed E-state index contributed by atoms with van der Waals surface area (Å²) in [5.41, 5.74) is 9.34. The smallest absolute Gasteiger partial charge is 0.163 e. The van der Waals surface area contributed by atoms with Crippen molar-refractivity contribution in [2.75, 3.05) is 20.6 Å². The molecule has 4 N–H and O–H groups in total. The number of aromatic amines is 1. The first-order valence-corrected chi connectivity index (χ1v) is 7.80. The zero-order chi connectivity index (χ0) is 17.1. The number of benzene rings is 1. The summed E-state index contributed by atoms with van der Waals surface area (Å²) < 4.78 is 0. The van der Waals surface area contributed by atoms with Crippen molar-refractivity contribution >= 4 is 22.3 Å². The minimum atomic E-state index is -0.713. The summed E-state index contributed by atoms with van der Waals surface area (Å²) in [6, 6.07) is 7.73. The van der Waals surface area contributed by atoms with Crippen molar-refractivity contribution in [3.8, 4) is 0 Å². The van der Waals surface area contributed by atoms with Crippen LogP contribution in [0.2, 0.25) is 0 Å². The molecule has 1 aromatic carbocycles. The minimum Gasteiger partial charge on any atom is -0.401 e. The second-order valence-electron chi connectivity index (χ2n) is 6.05. The number of ketones is 1. The number of likely N-dealkylation sites (N-methyl/N-ethyl adjacent to an activating group) is 1. The molecule has 0 amide bonds. The van der Waals surface area contributed by atoms with Gasteiger partial charge < -0.3 is 20.7 Å². The van der Waals surface area contributed by atoms with E-state index in [-0.39, 0.29) is 5.78 Å². The molecule has 23 heavy (non-hydrogen) atoms. The van der Waals surface area contributed by atoms with Crippen LogP contribution in [-0.2, 0) is 4.79 Å². The number of carbonyl (C=O) groups is 1. The average molecular weight is 315 g/mol. The van der Waals surface area contributed by atoms with Gasteiger partial charge >= 0.3 is 0 Å². The van der Waals surface area contributed by atoms with E-state index >= 15 is 0 Å². The van der Waals surface area contributed by atoms with Gasteiger partial charge in [0, 0.05) is 28.7 Å². The van der Waals surface area contributed by atoms with Gasteiger partial charge in [-0.2, -0.15) is 0 Å². The van der Waals surface area contributed by atoms with E-state index in [1.165, 1.54) is 6.92 Å². The third kappa shape index (κ3) is 3.46. The first-order chi connectivity index (χ1) is 10.9. The second kappa shape index (κ2) is 6.98. The Labute approximate surface area is 136 Å². The molecular weight excluding hydrogens is 290 g/mol. The fraction of sp³-hybridized carbons (Fsp3) is 0.389. The Morgan fingerprint density at radius 2 is 2.00 bits per heavy atom. The van der Waals surface area contributed by atoms with Crippen LogP contribution < -0.4 is 5.73 Å². The first-order valence-electron chi connectivity index (χ1n) is 7.80. The maximum Gasteiger partial charge on any atom is 0.163 e. The topological polar surface area (TPSA) is 82.3 Å². The summed E-state index contributed by atoms with van der Waals surface area (Å²) in [7, 11) is 3.81. The molecule has 0 fully saturated rings. The molecule has 5 nitrogen and oxygen atoms in total. The fourth-order valence-electron chi connectivity index (χ4n) is 2.88. The number of carbonyl (C=O) groups excluding carboxylic acids is 1. The van der Waals surface area contributed by atoms with E-state index < -0.39 is 6.10 Å². The van der Waals surface area contributed by atoms with E-state index in [1.54, 1.807) is 0 Å². The highest BCUT2D eigenvalue weighted by atomic mass is 16.3. The normalized spacial score (nSPS) is 14.2. The molecular formula is C18H25N3O2. The molecule has 0 saturated carbocycles. The number of H-pyrrole nitrogens is 1. The number of nitrogens with two attached hydrogens (primary N) is 1. The highest BCUT2D eigenvalue weighted by Crippen LogP contribution is 2.34. The molecule has 0 radical (unpaired) electrons. The van der Waals surface area contributed by atoms with Crippen LogP contribution in [0.5, 0.6) is 0 Å². The van der Waals surface area contributed by atoms with Gasteiger partial charge in [0.15, 0.2) is 5.78 Å². The zero-order valence-corrected chi connectivity index (χ0v) is 14.2. The van der Waals surface area contributed by atoms with Gasteiger partial charge in [0.05, 0.1) is 17.4 Å². The Morgan fingerprint density at radius 3 is 2.57 bits per heavy atom. The van der Waals surface area contributed by atoms with Crippen LogP contribution in [0, 0.1) is 0 Å². The molecule has 0 aliphatic carbocycles. The van der Waals surface area contributed by atoms with E-state index in [0.29, 0.717) is 29.9 Å². The molecule has 1 atom stereocenters. The highest BCUT2D eigenvalue weighted by molar-refractivity contribution is 6.21. The SMILES string of the molecule is CCC(N)=C(C(C)=O)c1[nH]c2ccccc2c1C(O)CN(C)C. The van der Waals surface area contributed by atoms with Crippen LogP contribution in [-0.4, -0.2) is 41.4 Å². The van der Waals surface area contributed by atoms with Crippen LogP contribution in [0.1, 0.15) is 37.6 Å². The van der Waals surface area contributed by atoms with Gasteiger partial charge in [-0.1, -0.05) is 25.1 Å². The number of rotatable bonds is 6. The van der Waals surface area contributed by atoms with Crippen molar-refractivity contribution in [2.45, 2.75) is 26.4 Å². The molecule has 0 saturated heterocycles. The first kappa shape index (κ1) is 17.2. The average Bonchev–Trinajstić information content (AvgIpc) is 2.84. The monoisotopic (exact) mass is 315 g/mol. The van der Waals surface area contributed by atoms with Crippen molar-refractivity contribution in [2.24, 2.45) is 5.73 Å². The summed E-state index contributed by atoms with van der Waals surface area (Å²) in [5, 5.41) is 11.6. The van der Waals surface area contributed by atoms with Crippen LogP contribution >= 0.6 is 0 Å². The number of aliphatic hydroxyl groups is 1. The fourth-order valence-corrected chi connectivity index (χ4v) is 2.88. The Kier molecular flexibility index (Phi) is 5.23. The van der Waals surface area contributed by atoms with Crippen molar-refractivity contribution in [1.82, 2.24) is 9.88 Å². The molecule has 5 heteroatoms. The molecule has 2 rings (SSSR count). The van der Waals surface area contributed by atoms with Gasteiger partial charge in [0.25, 0.3) is 0 Å². The number of hydrogen-bond donors (Lipinski definition) is 3. The second-order valence-corrected chi connectivity index (χ2v) is 6.05. The van der Waals surface area contributed by atoms with Gasteiger partial charge in [0.1, 0.15) is 0 Å². The molecule has 1 aromatic heterocycles. The van der Waals surface area contributed by atoms with Crippen molar-refractivity contribution in [3.63, 3.8) is 0 Å². The quantitative estimate of drug-likeness (QED) is 0.715. The summed E-state index contributed by atoms with van der Waals surface area (Å²) in [6.07, 6.45) is -0.136. The number of hydrogen-bond acceptors (Lipinski definition) is 4. The predicted octanol–water partition coefficient (Wildman–Crippen LogP) is 2.43. The Bertz CT molecular complexity index is 744. The molecule has 2 aromatic rings. The number of aliphatic hydroxyl groups excluding tert-OH is 1. The largest absolute Gasteiger partial charge is 0.401 e. The highest BCUT2D eigenvalue weighted by Gasteiger charge is 2.24. The Morgan fingerprint density at radius 1 is 1.35 bits per heavy atom. The standard InChI is InChI=1S/C18H25N3O2/c1-5-13(19)16(11(2)22)18-17(15(23)10-21(3)4)12-8-6-7-9-14(12)20-18/h6-9,15,20,23H,5,10,19H2,1-4H3. The lowest BCUT2D eigenvalue weighted by Gasteiger charge is -2.18. The van der Waals surface area contributed by atoms with E-state index in [4.69, 9.17) is 5.73 Å². The number of nitrogens with zero attached hydrogens (tertiary/aromatic N) is 1. The number of aromatic nitrogens is 1. The molecule has 1 unspecified atom stereocenters. The van der Waals surface area contributed by atoms with E-state index in [2.05, 4.69) is 4.98 Å². The summed E-state index contributed by atoms with van der Waals surface area (Å²) in [4.78, 5) is 17.4. The third-order valence-corrected chi connectivity index (χ3v) is 3.92. The number of para-hydroxylation sites is 1. The lowest BCUT2D eigenvalue weighted by Crippen LogP contribution is -2.21. The number of nitrogens with one attached hydrogen (secondary N) is 1. The number of allylic oxidation sites excluding steroid dienone is 2. The summed E-state index contributed by atoms with van der Waals surface area (Å²) >= 11 is 0. The molecule has 0 aliphatic heterocycles. The third-order valence-electron chi connectivity index (χ3n) is 3.92. The number of Topliss-reactive ketones (excluding diaryl/α,β-unsaturated/α-hetero) is 1. The van der Waals surface area contributed by atoms with Crippen molar-refractivity contribution < 1.29 is 9.90 Å². The molecule has 1 heterocycles. The lowest BCUT2D eigenvalue weighted by atomic mass is 9.96.